The van der Waals surface area contributed by atoms with E-state index in [1.807, 2.05) is 6.07 Å². The molecule has 0 saturated carbocycles. The maximum Gasteiger partial charge on any atom is 0.270 e. The molecule has 0 aromatic heterocycles. The average Bonchev–Trinajstić information content (AvgIpc) is 2.17. The second-order valence-corrected chi connectivity index (χ2v) is 3.70. The Hall–Kier alpha value is -1.45. The van der Waals surface area contributed by atoms with Gasteiger partial charge in [-0.2, -0.15) is 5.26 Å². The molecule has 0 fully saturated rings. The van der Waals surface area contributed by atoms with Gasteiger partial charge in [0, 0.05) is 16.6 Å². The van der Waals surface area contributed by atoms with Gasteiger partial charge in [0.25, 0.3) is 5.69 Å². The largest absolute Gasteiger partial charge is 0.387 e. The first-order valence-corrected chi connectivity index (χ1v) is 4.84. The zero-order chi connectivity index (χ0) is 11.4. The summed E-state index contributed by atoms with van der Waals surface area (Å²) in [6.07, 6.45) is -0.971. The minimum Gasteiger partial charge on any atom is -0.387 e. The van der Waals surface area contributed by atoms with Gasteiger partial charge in [-0.3, -0.25) is 10.1 Å². The molecule has 78 valence electrons. The minimum atomic E-state index is -0.926. The van der Waals surface area contributed by atoms with Crippen LogP contribution in [0.25, 0.3) is 0 Å². The molecule has 1 aromatic carbocycles. The molecule has 0 spiro atoms. The highest BCUT2D eigenvalue weighted by molar-refractivity contribution is 9.10. The number of rotatable bonds is 3. The number of nitriles is 1. The Kier molecular flexibility index (Phi) is 3.77. The van der Waals surface area contributed by atoms with E-state index in [-0.39, 0.29) is 12.1 Å². The molecule has 0 bridgehead atoms. The Balaban J connectivity index is 3.03. The van der Waals surface area contributed by atoms with Gasteiger partial charge in [0.05, 0.1) is 23.5 Å². The summed E-state index contributed by atoms with van der Waals surface area (Å²) < 4.78 is 0.430. The summed E-state index contributed by atoms with van der Waals surface area (Å²) in [6, 6.07) is 5.85. The Bertz CT molecular complexity index is 428. The number of hydrogen-bond donors (Lipinski definition) is 1. The highest BCUT2D eigenvalue weighted by atomic mass is 79.9. The fraction of sp³-hybridized carbons (Fsp3) is 0.222. The van der Waals surface area contributed by atoms with Crippen LogP contribution < -0.4 is 0 Å². The lowest BCUT2D eigenvalue weighted by Gasteiger charge is -2.08. The molecular weight excluding hydrogens is 264 g/mol. The number of nitro groups is 1. The summed E-state index contributed by atoms with van der Waals surface area (Å²) in [5.41, 5.74) is 0.414. The smallest absolute Gasteiger partial charge is 0.270 e. The van der Waals surface area contributed by atoms with Gasteiger partial charge in [-0.05, 0) is 11.6 Å². The third kappa shape index (κ3) is 2.75. The summed E-state index contributed by atoms with van der Waals surface area (Å²) in [7, 11) is 0. The van der Waals surface area contributed by atoms with Gasteiger partial charge in [0.2, 0.25) is 0 Å². The van der Waals surface area contributed by atoms with Crippen molar-refractivity contribution in [2.24, 2.45) is 0 Å². The van der Waals surface area contributed by atoms with E-state index in [1.54, 1.807) is 0 Å². The molecule has 0 saturated heterocycles. The van der Waals surface area contributed by atoms with Gasteiger partial charge in [0.1, 0.15) is 0 Å². The van der Waals surface area contributed by atoms with Crippen molar-refractivity contribution in [1.29, 1.82) is 5.26 Å². The summed E-state index contributed by atoms with van der Waals surface area (Å²) >= 11 is 3.11. The lowest BCUT2D eigenvalue weighted by Crippen LogP contribution is -1.98. The van der Waals surface area contributed by atoms with E-state index < -0.39 is 11.0 Å². The van der Waals surface area contributed by atoms with Crippen LogP contribution in [0.2, 0.25) is 0 Å². The van der Waals surface area contributed by atoms with Crippen molar-refractivity contribution in [2.45, 2.75) is 12.5 Å². The lowest BCUT2D eigenvalue weighted by atomic mass is 10.1. The zero-order valence-electron chi connectivity index (χ0n) is 7.55. The molecule has 1 aromatic rings. The van der Waals surface area contributed by atoms with E-state index in [0.717, 1.165) is 0 Å². The van der Waals surface area contributed by atoms with Crippen LogP contribution in [0.3, 0.4) is 0 Å². The van der Waals surface area contributed by atoms with E-state index in [0.29, 0.717) is 10.0 Å². The van der Waals surface area contributed by atoms with Crippen molar-refractivity contribution in [3.8, 4) is 6.07 Å². The number of aliphatic hydroxyl groups excluding tert-OH is 1. The molecule has 0 radical (unpaired) electrons. The number of non-ortho nitro benzene ring substituents is 1. The van der Waals surface area contributed by atoms with Crippen molar-refractivity contribution in [2.75, 3.05) is 0 Å². The first-order valence-electron chi connectivity index (χ1n) is 4.05. The maximum atomic E-state index is 10.4. The number of aliphatic hydroxyl groups is 1. The molecule has 1 atom stereocenters. The SMILES string of the molecule is N#CCC(O)c1ccc([N+](=O)[O-])cc1Br. The highest BCUT2D eigenvalue weighted by Crippen LogP contribution is 2.28. The summed E-state index contributed by atoms with van der Waals surface area (Å²) in [5.74, 6) is 0. The molecule has 0 heterocycles. The lowest BCUT2D eigenvalue weighted by molar-refractivity contribution is -0.385. The normalized spacial score (nSPS) is 11.8. The summed E-state index contributed by atoms with van der Waals surface area (Å²) in [6.45, 7) is 0. The van der Waals surface area contributed by atoms with Crippen LogP contribution >= 0.6 is 15.9 Å². The van der Waals surface area contributed by atoms with E-state index in [9.17, 15) is 15.2 Å². The predicted molar refractivity (Wildman–Crippen MR) is 56.0 cm³/mol. The maximum absolute atomic E-state index is 10.4. The van der Waals surface area contributed by atoms with Gasteiger partial charge in [-0.1, -0.05) is 15.9 Å². The molecule has 15 heavy (non-hydrogen) atoms. The van der Waals surface area contributed by atoms with Gasteiger partial charge < -0.3 is 5.11 Å². The van der Waals surface area contributed by atoms with Crippen LogP contribution in [-0.4, -0.2) is 10.0 Å². The van der Waals surface area contributed by atoms with E-state index in [2.05, 4.69) is 15.9 Å². The number of nitro benzene ring substituents is 1. The molecule has 0 amide bonds. The first-order chi connectivity index (χ1) is 7.06. The van der Waals surface area contributed by atoms with Gasteiger partial charge in [0.15, 0.2) is 0 Å². The van der Waals surface area contributed by atoms with E-state index in [1.165, 1.54) is 18.2 Å². The molecule has 1 unspecified atom stereocenters. The molecule has 0 aliphatic carbocycles. The summed E-state index contributed by atoms with van der Waals surface area (Å²) in [4.78, 5) is 9.91. The Morgan fingerprint density at radius 2 is 2.33 bits per heavy atom. The quantitative estimate of drug-likeness (QED) is 0.674. The second-order valence-electron chi connectivity index (χ2n) is 2.84. The van der Waals surface area contributed by atoms with Crippen molar-refractivity contribution in [1.82, 2.24) is 0 Å². The number of benzene rings is 1. The van der Waals surface area contributed by atoms with Crippen molar-refractivity contribution in [3.05, 3.63) is 38.3 Å². The average molecular weight is 271 g/mol. The van der Waals surface area contributed by atoms with Gasteiger partial charge >= 0.3 is 0 Å². The van der Waals surface area contributed by atoms with Crippen molar-refractivity contribution < 1.29 is 10.0 Å². The van der Waals surface area contributed by atoms with Crippen LogP contribution in [0.1, 0.15) is 18.1 Å². The van der Waals surface area contributed by atoms with Crippen LogP contribution in [0.4, 0.5) is 5.69 Å². The fourth-order valence-corrected chi connectivity index (χ4v) is 1.73. The Labute approximate surface area is 94.2 Å². The zero-order valence-corrected chi connectivity index (χ0v) is 9.14. The topological polar surface area (TPSA) is 87.2 Å². The van der Waals surface area contributed by atoms with Crippen LogP contribution in [0.5, 0.6) is 0 Å². The Morgan fingerprint density at radius 1 is 1.67 bits per heavy atom. The number of halogens is 1. The van der Waals surface area contributed by atoms with Crippen LogP contribution in [-0.2, 0) is 0 Å². The van der Waals surface area contributed by atoms with Crippen LogP contribution in [0, 0.1) is 21.4 Å². The monoisotopic (exact) mass is 270 g/mol. The Morgan fingerprint density at radius 3 is 2.80 bits per heavy atom. The standard InChI is InChI=1S/C9H7BrN2O3/c10-8-5-6(12(14)15)1-2-7(8)9(13)3-4-11/h1-2,5,9,13H,3H2. The van der Waals surface area contributed by atoms with E-state index >= 15 is 0 Å². The van der Waals surface area contributed by atoms with Crippen molar-refractivity contribution >= 4 is 21.6 Å². The molecule has 0 aliphatic rings. The molecule has 6 heteroatoms. The van der Waals surface area contributed by atoms with Crippen LogP contribution in [0.15, 0.2) is 22.7 Å². The molecular formula is C9H7BrN2O3. The first kappa shape index (κ1) is 11.6. The third-order valence-electron chi connectivity index (χ3n) is 1.84. The second kappa shape index (κ2) is 4.87. The molecule has 0 aliphatic heterocycles. The summed E-state index contributed by atoms with van der Waals surface area (Å²) in [5, 5.41) is 28.3. The number of nitrogens with zero attached hydrogens (tertiary/aromatic N) is 2. The number of hydrogen-bond acceptors (Lipinski definition) is 4. The molecule has 5 nitrogen and oxygen atoms in total. The molecule has 1 N–H and O–H groups in total. The fourth-order valence-electron chi connectivity index (χ4n) is 1.10. The van der Waals surface area contributed by atoms with Gasteiger partial charge in [-0.15, -0.1) is 0 Å². The highest BCUT2D eigenvalue weighted by Gasteiger charge is 2.14. The predicted octanol–water partition coefficient (Wildman–Crippen LogP) is 2.30. The van der Waals surface area contributed by atoms with Gasteiger partial charge in [-0.25, -0.2) is 0 Å². The third-order valence-corrected chi connectivity index (χ3v) is 2.53. The van der Waals surface area contributed by atoms with Crippen molar-refractivity contribution in [3.63, 3.8) is 0 Å². The van der Waals surface area contributed by atoms with E-state index in [4.69, 9.17) is 5.26 Å². The molecule has 1 rings (SSSR count). The minimum absolute atomic E-state index is 0.0452.